The number of phenolic OH excluding ortho intramolecular Hbond substituents is 1. The normalized spacial score (nSPS) is 11.4. The van der Waals surface area contributed by atoms with Crippen molar-refractivity contribution in [3.05, 3.63) is 47.8 Å². The van der Waals surface area contributed by atoms with Crippen molar-refractivity contribution >= 4 is 12.9 Å². The molecule has 146 valence electrons. The van der Waals surface area contributed by atoms with Gasteiger partial charge in [-0.05, 0) is 62.6 Å². The van der Waals surface area contributed by atoms with Gasteiger partial charge < -0.3 is 18.9 Å². The van der Waals surface area contributed by atoms with Gasteiger partial charge in [0.15, 0.2) is 11.5 Å². The van der Waals surface area contributed by atoms with E-state index >= 15 is 0 Å². The predicted octanol–water partition coefficient (Wildman–Crippen LogP) is 5.32. The number of hydrogen-bond donors (Lipinski definition) is 1. The number of ether oxygens (including phenoxy) is 1. The first-order valence-corrected chi connectivity index (χ1v) is 10.2. The van der Waals surface area contributed by atoms with E-state index in [0.29, 0.717) is 17.0 Å². The molecule has 0 aliphatic heterocycles. The molecule has 0 bridgehead atoms. The zero-order valence-electron chi connectivity index (χ0n) is 16.4. The van der Waals surface area contributed by atoms with Crippen LogP contribution in [0.3, 0.4) is 0 Å². The van der Waals surface area contributed by atoms with E-state index in [9.17, 15) is 9.67 Å². The Hall–Kier alpha value is -2.14. The monoisotopic (exact) mass is 391 g/mol. The molecular formula is C20H26NO5P. The van der Waals surface area contributed by atoms with Crippen molar-refractivity contribution in [1.29, 1.82) is 0 Å². The Balaban J connectivity index is 2.45. The molecule has 0 saturated heterocycles. The summed E-state index contributed by atoms with van der Waals surface area (Å²) in [5.74, 6) is 0.513. The van der Waals surface area contributed by atoms with Crippen LogP contribution < -0.4 is 4.74 Å². The highest BCUT2D eigenvalue weighted by molar-refractivity contribution is 7.65. The zero-order chi connectivity index (χ0) is 20.2. The molecule has 2 rings (SSSR count). The molecule has 0 aliphatic rings. The summed E-state index contributed by atoms with van der Waals surface area (Å²) in [6.07, 6.45) is 1.67. The first kappa shape index (κ1) is 21.2. The summed E-state index contributed by atoms with van der Waals surface area (Å²) in [7, 11) is -1.98. The molecule has 0 fully saturated rings. The topological polar surface area (TPSA) is 77.9 Å². The third-order valence-corrected chi connectivity index (χ3v) is 6.17. The molecule has 6 nitrogen and oxygen atoms in total. The average Bonchev–Trinajstić information content (AvgIpc) is 2.63. The Morgan fingerprint density at radius 2 is 1.70 bits per heavy atom. The number of methoxy groups -OCH3 is 1. The maximum atomic E-state index is 13.0. The number of nitrogens with zero attached hydrogens (tertiary/aromatic N) is 1. The van der Waals surface area contributed by atoms with Gasteiger partial charge in [0.25, 0.3) is 0 Å². The second-order valence-corrected chi connectivity index (χ2v) is 8.06. The maximum Gasteiger partial charge on any atom is 0.362 e. The number of benzene rings is 1. The van der Waals surface area contributed by atoms with E-state index in [0.717, 1.165) is 16.7 Å². The second-order valence-electron chi connectivity index (χ2n) is 6.01. The lowest BCUT2D eigenvalue weighted by molar-refractivity contribution is 0.230. The van der Waals surface area contributed by atoms with E-state index in [4.69, 9.17) is 13.8 Å². The van der Waals surface area contributed by atoms with Crippen LogP contribution in [0.4, 0.5) is 0 Å². The van der Waals surface area contributed by atoms with Crippen molar-refractivity contribution in [3.63, 3.8) is 0 Å². The molecule has 0 aliphatic carbocycles. The van der Waals surface area contributed by atoms with Gasteiger partial charge >= 0.3 is 7.60 Å². The Kier molecular flexibility index (Phi) is 6.82. The Morgan fingerprint density at radius 1 is 1.11 bits per heavy atom. The highest BCUT2D eigenvalue weighted by Gasteiger charge is 2.31. The van der Waals surface area contributed by atoms with Crippen LogP contribution in [0.1, 0.15) is 30.7 Å². The molecule has 0 spiro atoms. The quantitative estimate of drug-likeness (QED) is 0.614. The summed E-state index contributed by atoms with van der Waals surface area (Å²) < 4.78 is 28.9. The molecule has 0 atom stereocenters. The molecule has 1 N–H and O–H groups in total. The van der Waals surface area contributed by atoms with Gasteiger partial charge in [-0.3, -0.25) is 9.55 Å². The Bertz CT molecular complexity index is 884. The number of aromatic hydroxyl groups is 1. The predicted molar refractivity (Wildman–Crippen MR) is 107 cm³/mol. The smallest absolute Gasteiger partial charge is 0.362 e. The van der Waals surface area contributed by atoms with Gasteiger partial charge in [-0.2, -0.15) is 0 Å². The fourth-order valence-corrected chi connectivity index (χ4v) is 4.33. The van der Waals surface area contributed by atoms with E-state index in [-0.39, 0.29) is 24.3 Å². The third kappa shape index (κ3) is 4.41. The van der Waals surface area contributed by atoms with E-state index in [1.165, 1.54) is 7.11 Å². The molecule has 2 aromatic rings. The van der Waals surface area contributed by atoms with Gasteiger partial charge in [-0.25, -0.2) is 0 Å². The second kappa shape index (κ2) is 8.70. The van der Waals surface area contributed by atoms with Gasteiger partial charge in [0.1, 0.15) is 0 Å². The third-order valence-electron chi connectivity index (χ3n) is 4.10. The van der Waals surface area contributed by atoms with E-state index in [1.54, 1.807) is 33.0 Å². The lowest BCUT2D eigenvalue weighted by Crippen LogP contribution is -2.01. The van der Waals surface area contributed by atoms with Crippen LogP contribution >= 0.6 is 7.60 Å². The van der Waals surface area contributed by atoms with Gasteiger partial charge in [0.05, 0.1) is 31.3 Å². The van der Waals surface area contributed by atoms with E-state index in [2.05, 4.69) is 11.6 Å². The number of aryl methyl sites for hydroxylation is 2. The first-order valence-electron chi connectivity index (χ1n) is 8.70. The molecule has 0 amide bonds. The molecule has 7 heteroatoms. The van der Waals surface area contributed by atoms with Crippen molar-refractivity contribution in [1.82, 2.24) is 4.98 Å². The summed E-state index contributed by atoms with van der Waals surface area (Å²) >= 11 is 0. The average molecular weight is 391 g/mol. The lowest BCUT2D eigenvalue weighted by atomic mass is 10.0. The summed E-state index contributed by atoms with van der Waals surface area (Å²) in [6.45, 7) is 11.6. The van der Waals surface area contributed by atoms with Crippen molar-refractivity contribution in [3.8, 4) is 22.6 Å². The van der Waals surface area contributed by atoms with Gasteiger partial charge in [0, 0.05) is 11.8 Å². The van der Waals surface area contributed by atoms with Crippen LogP contribution in [0.5, 0.6) is 11.5 Å². The summed E-state index contributed by atoms with van der Waals surface area (Å²) in [5.41, 5.74) is 3.68. The van der Waals surface area contributed by atoms with Crippen molar-refractivity contribution in [2.24, 2.45) is 0 Å². The maximum absolute atomic E-state index is 13.0. The number of pyridine rings is 1. The summed E-state index contributed by atoms with van der Waals surface area (Å²) in [5, 5.41) is 10.3. The van der Waals surface area contributed by atoms with Crippen LogP contribution in [0.15, 0.2) is 31.0 Å². The number of rotatable bonds is 8. The Morgan fingerprint density at radius 3 is 2.22 bits per heavy atom. The Labute approximate surface area is 160 Å². The zero-order valence-corrected chi connectivity index (χ0v) is 17.3. The van der Waals surface area contributed by atoms with Crippen LogP contribution in [-0.2, 0) is 13.6 Å². The molecule has 1 aromatic heterocycles. The molecular weight excluding hydrogens is 365 g/mol. The molecule has 1 heterocycles. The molecule has 1 aromatic carbocycles. The number of phenols is 1. The highest BCUT2D eigenvalue weighted by atomic mass is 31.2. The van der Waals surface area contributed by atoms with Gasteiger partial charge in [-0.1, -0.05) is 6.58 Å². The van der Waals surface area contributed by atoms with Crippen molar-refractivity contribution in [2.75, 3.05) is 20.3 Å². The van der Waals surface area contributed by atoms with Crippen molar-refractivity contribution < 1.29 is 23.5 Å². The summed E-state index contributed by atoms with van der Waals surface area (Å²) in [4.78, 5) is 4.46. The lowest BCUT2D eigenvalue weighted by Gasteiger charge is -2.20. The molecule has 0 radical (unpaired) electrons. The first-order chi connectivity index (χ1) is 12.8. The number of hydrogen-bond acceptors (Lipinski definition) is 6. The standard InChI is InChI=1S/C20H26NO5P/c1-7-25-27(23,26-8-2)15(5)19-13(3)9-17(12-21-19)16-10-14(4)20(22)18(11-16)24-6/h9-12,22H,5,7-8H2,1-4,6H3. The van der Waals surface area contributed by atoms with Gasteiger partial charge in [0.2, 0.25) is 0 Å². The molecule has 0 saturated carbocycles. The number of aromatic nitrogens is 1. The van der Waals surface area contributed by atoms with Crippen LogP contribution in [-0.4, -0.2) is 30.4 Å². The molecule has 0 unspecified atom stereocenters. The van der Waals surface area contributed by atoms with E-state index < -0.39 is 7.60 Å². The minimum absolute atomic E-state index is 0.116. The minimum Gasteiger partial charge on any atom is -0.504 e. The van der Waals surface area contributed by atoms with Crippen LogP contribution in [0.25, 0.3) is 16.4 Å². The SMILES string of the molecule is C=C(c1ncc(-c2cc(C)c(O)c(OC)c2)cc1C)P(=O)(OCC)OCC. The fourth-order valence-electron chi connectivity index (χ4n) is 2.77. The van der Waals surface area contributed by atoms with Gasteiger partial charge in [-0.15, -0.1) is 0 Å². The fraction of sp³-hybridized carbons (Fsp3) is 0.350. The van der Waals surface area contributed by atoms with Crippen molar-refractivity contribution in [2.45, 2.75) is 27.7 Å². The minimum atomic E-state index is -3.48. The molecule has 27 heavy (non-hydrogen) atoms. The summed E-state index contributed by atoms with van der Waals surface area (Å²) in [6, 6.07) is 5.52. The largest absolute Gasteiger partial charge is 0.504 e. The van der Waals surface area contributed by atoms with Crippen LogP contribution in [0, 0.1) is 13.8 Å². The highest BCUT2D eigenvalue weighted by Crippen LogP contribution is 2.59. The van der Waals surface area contributed by atoms with E-state index in [1.807, 2.05) is 19.1 Å². The van der Waals surface area contributed by atoms with Crippen LogP contribution in [0.2, 0.25) is 0 Å².